The van der Waals surface area contributed by atoms with Crippen LogP contribution in [0, 0.1) is 0 Å². The highest BCUT2D eigenvalue weighted by atomic mass is 16.5. The van der Waals surface area contributed by atoms with E-state index in [9.17, 15) is 4.79 Å². The number of amides is 1. The van der Waals surface area contributed by atoms with Crippen molar-refractivity contribution in [2.45, 2.75) is 26.3 Å². The summed E-state index contributed by atoms with van der Waals surface area (Å²) in [5.41, 5.74) is 1.95. The van der Waals surface area contributed by atoms with Crippen LogP contribution in [0.4, 0.5) is 0 Å². The number of hydrogen-bond donors (Lipinski definition) is 0. The predicted molar refractivity (Wildman–Crippen MR) is 120 cm³/mol. The molecule has 3 aromatic carbocycles. The molecule has 4 rings (SSSR count). The zero-order chi connectivity index (χ0) is 21.6. The van der Waals surface area contributed by atoms with Crippen LogP contribution >= 0.6 is 0 Å². The topological polar surface area (TPSA) is 68.5 Å². The molecule has 0 fully saturated rings. The molecule has 1 heterocycles. The molecule has 0 N–H and O–H groups in total. The smallest absolute Gasteiger partial charge is 0.227 e. The van der Waals surface area contributed by atoms with E-state index in [1.807, 2.05) is 50.4 Å². The Labute approximate surface area is 181 Å². The van der Waals surface area contributed by atoms with Gasteiger partial charge in [-0.05, 0) is 53.6 Å². The van der Waals surface area contributed by atoms with Crippen molar-refractivity contribution in [3.05, 3.63) is 78.2 Å². The lowest BCUT2D eigenvalue weighted by molar-refractivity contribution is -0.130. The first-order valence-electron chi connectivity index (χ1n) is 10.4. The quantitative estimate of drug-likeness (QED) is 0.410. The van der Waals surface area contributed by atoms with Crippen LogP contribution in [0.3, 0.4) is 0 Å². The van der Waals surface area contributed by atoms with Crippen LogP contribution in [0.2, 0.25) is 0 Å². The normalized spacial score (nSPS) is 10.9. The van der Waals surface area contributed by atoms with Gasteiger partial charge in [0.15, 0.2) is 0 Å². The first-order valence-corrected chi connectivity index (χ1v) is 10.4. The van der Waals surface area contributed by atoms with Crippen LogP contribution in [0.1, 0.15) is 24.8 Å². The highest BCUT2D eigenvalue weighted by Crippen LogP contribution is 2.21. The third kappa shape index (κ3) is 5.09. The van der Waals surface area contributed by atoms with E-state index in [0.29, 0.717) is 37.7 Å². The standard InChI is InChI=1S/C25H25N3O3/c1-3-30-22-12-10-20(11-13-22)25-26-23(31-27-25)14-15-24(29)28(2)17-18-8-9-19-6-4-5-7-21(19)16-18/h4-13,16H,3,14-15,17H2,1-2H3. The van der Waals surface area contributed by atoms with Gasteiger partial charge < -0.3 is 14.2 Å². The Morgan fingerprint density at radius 2 is 1.81 bits per heavy atom. The largest absolute Gasteiger partial charge is 0.494 e. The van der Waals surface area contributed by atoms with Crippen LogP contribution in [0.25, 0.3) is 22.2 Å². The molecule has 1 aromatic heterocycles. The van der Waals surface area contributed by atoms with Gasteiger partial charge in [-0.25, -0.2) is 0 Å². The zero-order valence-electron chi connectivity index (χ0n) is 17.7. The molecule has 0 bridgehead atoms. The van der Waals surface area contributed by atoms with Gasteiger partial charge in [-0.2, -0.15) is 4.98 Å². The number of rotatable bonds is 8. The number of carbonyl (C=O) groups excluding carboxylic acids is 1. The molecule has 6 heteroatoms. The number of carbonyl (C=O) groups is 1. The Balaban J connectivity index is 1.32. The maximum atomic E-state index is 12.6. The van der Waals surface area contributed by atoms with Crippen molar-refractivity contribution in [1.29, 1.82) is 0 Å². The van der Waals surface area contributed by atoms with Gasteiger partial charge in [-0.3, -0.25) is 4.79 Å². The molecule has 0 saturated heterocycles. The zero-order valence-corrected chi connectivity index (χ0v) is 17.7. The average Bonchev–Trinajstić information content (AvgIpc) is 3.27. The number of ether oxygens (including phenoxy) is 1. The fourth-order valence-electron chi connectivity index (χ4n) is 3.44. The summed E-state index contributed by atoms with van der Waals surface area (Å²) in [7, 11) is 1.82. The highest BCUT2D eigenvalue weighted by molar-refractivity contribution is 5.83. The second kappa shape index (κ2) is 9.43. The van der Waals surface area contributed by atoms with Crippen molar-refractivity contribution in [1.82, 2.24) is 15.0 Å². The van der Waals surface area contributed by atoms with E-state index in [1.54, 1.807) is 4.90 Å². The molecular weight excluding hydrogens is 390 g/mol. The SMILES string of the molecule is CCOc1ccc(-c2noc(CCC(=O)N(C)Cc3ccc4ccccc4c3)n2)cc1. The number of aromatic nitrogens is 2. The van der Waals surface area contributed by atoms with Crippen molar-refractivity contribution in [2.24, 2.45) is 0 Å². The van der Waals surface area contributed by atoms with E-state index in [1.165, 1.54) is 10.8 Å². The molecule has 0 saturated carbocycles. The van der Waals surface area contributed by atoms with E-state index in [2.05, 4.69) is 40.5 Å². The van der Waals surface area contributed by atoms with E-state index >= 15 is 0 Å². The Morgan fingerprint density at radius 3 is 2.58 bits per heavy atom. The van der Waals surface area contributed by atoms with Crippen molar-refractivity contribution < 1.29 is 14.1 Å². The van der Waals surface area contributed by atoms with Crippen molar-refractivity contribution in [3.63, 3.8) is 0 Å². The van der Waals surface area contributed by atoms with Gasteiger partial charge in [0, 0.05) is 32.0 Å². The Morgan fingerprint density at radius 1 is 1.03 bits per heavy atom. The number of nitrogens with zero attached hydrogens (tertiary/aromatic N) is 3. The van der Waals surface area contributed by atoms with Crippen molar-refractivity contribution in [3.8, 4) is 17.1 Å². The molecule has 0 spiro atoms. The maximum absolute atomic E-state index is 12.6. The Kier molecular flexibility index (Phi) is 6.26. The van der Waals surface area contributed by atoms with Gasteiger partial charge in [-0.15, -0.1) is 0 Å². The molecule has 0 aliphatic heterocycles. The fourth-order valence-corrected chi connectivity index (χ4v) is 3.44. The fraction of sp³-hybridized carbons (Fsp3) is 0.240. The van der Waals surface area contributed by atoms with Crippen LogP contribution in [-0.2, 0) is 17.8 Å². The van der Waals surface area contributed by atoms with Gasteiger partial charge >= 0.3 is 0 Å². The summed E-state index contributed by atoms with van der Waals surface area (Å²) < 4.78 is 10.8. The Bertz CT molecular complexity index is 1170. The number of fused-ring (bicyclic) bond motifs is 1. The van der Waals surface area contributed by atoms with Gasteiger partial charge in [0.1, 0.15) is 5.75 Å². The third-order valence-corrected chi connectivity index (χ3v) is 5.10. The van der Waals surface area contributed by atoms with Crippen molar-refractivity contribution in [2.75, 3.05) is 13.7 Å². The second-order valence-electron chi connectivity index (χ2n) is 7.40. The van der Waals surface area contributed by atoms with Crippen LogP contribution in [0.15, 0.2) is 71.3 Å². The number of hydrogen-bond acceptors (Lipinski definition) is 5. The lowest BCUT2D eigenvalue weighted by atomic mass is 10.1. The van der Waals surface area contributed by atoms with Gasteiger partial charge in [-0.1, -0.05) is 41.6 Å². The Hall–Kier alpha value is -3.67. The highest BCUT2D eigenvalue weighted by Gasteiger charge is 2.14. The van der Waals surface area contributed by atoms with E-state index in [0.717, 1.165) is 16.9 Å². The van der Waals surface area contributed by atoms with Crippen molar-refractivity contribution >= 4 is 16.7 Å². The molecule has 6 nitrogen and oxygen atoms in total. The maximum Gasteiger partial charge on any atom is 0.227 e. The first-order chi connectivity index (χ1) is 15.1. The van der Waals surface area contributed by atoms with E-state index in [4.69, 9.17) is 9.26 Å². The summed E-state index contributed by atoms with van der Waals surface area (Å²) in [5.74, 6) is 1.80. The summed E-state index contributed by atoms with van der Waals surface area (Å²) in [5, 5.41) is 6.40. The third-order valence-electron chi connectivity index (χ3n) is 5.10. The molecule has 158 valence electrons. The second-order valence-corrected chi connectivity index (χ2v) is 7.40. The minimum absolute atomic E-state index is 0.0361. The molecule has 4 aromatic rings. The lowest BCUT2D eigenvalue weighted by Gasteiger charge is -2.17. The van der Waals surface area contributed by atoms with Gasteiger partial charge in [0.2, 0.25) is 17.6 Å². The summed E-state index contributed by atoms with van der Waals surface area (Å²) in [6.07, 6.45) is 0.722. The number of benzene rings is 3. The number of aryl methyl sites for hydroxylation is 1. The molecular formula is C25H25N3O3. The molecule has 0 unspecified atom stereocenters. The lowest BCUT2D eigenvalue weighted by Crippen LogP contribution is -2.26. The minimum atomic E-state index is 0.0361. The van der Waals surface area contributed by atoms with Crippen LogP contribution < -0.4 is 4.74 Å². The summed E-state index contributed by atoms with van der Waals surface area (Å²) in [6.45, 7) is 3.12. The van der Waals surface area contributed by atoms with Gasteiger partial charge in [0.05, 0.1) is 6.61 Å². The summed E-state index contributed by atoms with van der Waals surface area (Å²) in [6, 6.07) is 22.0. The first kappa shape index (κ1) is 20.6. The minimum Gasteiger partial charge on any atom is -0.494 e. The van der Waals surface area contributed by atoms with E-state index in [-0.39, 0.29) is 5.91 Å². The molecule has 0 radical (unpaired) electrons. The average molecular weight is 415 g/mol. The molecule has 0 aliphatic carbocycles. The molecule has 31 heavy (non-hydrogen) atoms. The molecule has 0 atom stereocenters. The predicted octanol–water partition coefficient (Wildman–Crippen LogP) is 4.88. The summed E-state index contributed by atoms with van der Waals surface area (Å²) >= 11 is 0. The monoisotopic (exact) mass is 415 g/mol. The molecule has 1 amide bonds. The molecule has 0 aliphatic rings. The van der Waals surface area contributed by atoms with Crippen LogP contribution in [0.5, 0.6) is 5.75 Å². The summed E-state index contributed by atoms with van der Waals surface area (Å²) in [4.78, 5) is 18.7. The van der Waals surface area contributed by atoms with E-state index < -0.39 is 0 Å². The van der Waals surface area contributed by atoms with Crippen LogP contribution in [-0.4, -0.2) is 34.6 Å². The van der Waals surface area contributed by atoms with Gasteiger partial charge in [0.25, 0.3) is 0 Å².